The first-order chi connectivity index (χ1) is 16.5. The van der Waals surface area contributed by atoms with E-state index >= 15 is 0 Å². The van der Waals surface area contributed by atoms with Crippen molar-refractivity contribution in [3.05, 3.63) is 110 Å². The third kappa shape index (κ3) is 3.51. The molecular weight excluding hydrogens is 462 g/mol. The van der Waals surface area contributed by atoms with Gasteiger partial charge >= 0.3 is 0 Å². The van der Waals surface area contributed by atoms with Crippen LogP contribution < -0.4 is 5.32 Å². The standard InChI is InChI=1S/C28H24ClN3OS/c1-16-5-11-21(12-6-16)32-28-25(17(2)31-32)26(18-7-9-20(29)10-8-18)27-22(30-28)14-19(15-23(27)33)24-4-3-13-34-24/h3-13,19,26,30H,14-15H2,1-2H3. The second kappa shape index (κ2) is 8.26. The minimum absolute atomic E-state index is 0.167. The fourth-order valence-corrected chi connectivity index (χ4v) is 6.22. The summed E-state index contributed by atoms with van der Waals surface area (Å²) in [7, 11) is 0. The first-order valence-corrected chi connectivity index (χ1v) is 12.7. The second-order valence-electron chi connectivity index (χ2n) is 9.14. The number of nitrogens with zero attached hydrogens (tertiary/aromatic N) is 2. The van der Waals surface area contributed by atoms with Crippen molar-refractivity contribution >= 4 is 34.5 Å². The van der Waals surface area contributed by atoms with Gasteiger partial charge in [-0.3, -0.25) is 4.79 Å². The smallest absolute Gasteiger partial charge is 0.162 e. The highest BCUT2D eigenvalue weighted by molar-refractivity contribution is 7.10. The number of Topliss-reactive ketones (excluding diaryl/α,β-unsaturated/α-hetero) is 1. The largest absolute Gasteiger partial charge is 0.343 e. The molecule has 4 aromatic rings. The summed E-state index contributed by atoms with van der Waals surface area (Å²) in [5.74, 6) is 1.18. The van der Waals surface area contributed by atoms with Crippen LogP contribution in [0.25, 0.3) is 5.69 Å². The first kappa shape index (κ1) is 21.4. The number of carbonyl (C=O) groups is 1. The maximum absolute atomic E-state index is 13.7. The third-order valence-electron chi connectivity index (χ3n) is 6.89. The van der Waals surface area contributed by atoms with E-state index in [4.69, 9.17) is 16.7 Å². The molecule has 1 aliphatic carbocycles. The second-order valence-corrected chi connectivity index (χ2v) is 10.6. The molecule has 2 aliphatic rings. The van der Waals surface area contributed by atoms with E-state index in [9.17, 15) is 4.79 Å². The van der Waals surface area contributed by atoms with Crippen LogP contribution >= 0.6 is 22.9 Å². The van der Waals surface area contributed by atoms with Crippen LogP contribution in [-0.4, -0.2) is 15.6 Å². The average Bonchev–Trinajstić information content (AvgIpc) is 3.48. The van der Waals surface area contributed by atoms with Crippen molar-refractivity contribution in [3.8, 4) is 5.69 Å². The normalized spacial score (nSPS) is 19.6. The van der Waals surface area contributed by atoms with E-state index in [2.05, 4.69) is 54.0 Å². The lowest BCUT2D eigenvalue weighted by atomic mass is 9.73. The Morgan fingerprint density at radius 2 is 1.79 bits per heavy atom. The zero-order valence-corrected chi connectivity index (χ0v) is 20.6. The number of hydrogen-bond donors (Lipinski definition) is 1. The minimum atomic E-state index is -0.167. The average molecular weight is 486 g/mol. The zero-order chi connectivity index (χ0) is 23.4. The van der Waals surface area contributed by atoms with Gasteiger partial charge in [-0.25, -0.2) is 4.68 Å². The maximum atomic E-state index is 13.7. The number of ketones is 1. The molecule has 0 radical (unpaired) electrons. The van der Waals surface area contributed by atoms with Crippen molar-refractivity contribution in [1.82, 2.24) is 9.78 Å². The molecule has 170 valence electrons. The molecule has 0 bridgehead atoms. The van der Waals surface area contributed by atoms with Crippen molar-refractivity contribution in [1.29, 1.82) is 0 Å². The van der Waals surface area contributed by atoms with Gasteiger partial charge in [0.05, 0.1) is 11.4 Å². The molecular formula is C28H24ClN3OS. The molecule has 6 rings (SSSR count). The molecule has 0 fully saturated rings. The molecule has 34 heavy (non-hydrogen) atoms. The fourth-order valence-electron chi connectivity index (χ4n) is 5.26. The third-order valence-corrected chi connectivity index (χ3v) is 8.18. The van der Waals surface area contributed by atoms with E-state index in [1.54, 1.807) is 11.3 Å². The number of benzene rings is 2. The number of fused-ring (bicyclic) bond motifs is 1. The van der Waals surface area contributed by atoms with Gasteiger partial charge in [-0.1, -0.05) is 47.5 Å². The molecule has 0 saturated heterocycles. The number of allylic oxidation sites excluding steroid dienone is 2. The number of anilines is 1. The summed E-state index contributed by atoms with van der Waals surface area (Å²) >= 11 is 7.94. The van der Waals surface area contributed by atoms with Crippen LogP contribution in [0.4, 0.5) is 5.82 Å². The zero-order valence-electron chi connectivity index (χ0n) is 19.0. The van der Waals surface area contributed by atoms with E-state index in [0.717, 1.165) is 46.0 Å². The first-order valence-electron chi connectivity index (χ1n) is 11.5. The molecule has 6 heteroatoms. The Balaban J connectivity index is 1.54. The highest BCUT2D eigenvalue weighted by Gasteiger charge is 2.41. The van der Waals surface area contributed by atoms with Gasteiger partial charge in [-0.05, 0) is 61.5 Å². The molecule has 2 unspecified atom stereocenters. The fraction of sp³-hybridized carbons (Fsp3) is 0.214. The molecule has 3 heterocycles. The Bertz CT molecular complexity index is 1420. The van der Waals surface area contributed by atoms with Gasteiger partial charge in [-0.15, -0.1) is 11.3 Å². The van der Waals surface area contributed by atoms with Crippen LogP contribution in [0.5, 0.6) is 0 Å². The summed E-state index contributed by atoms with van der Waals surface area (Å²) in [5, 5.41) is 11.4. The number of thiophene rings is 1. The molecule has 1 N–H and O–H groups in total. The Hall–Kier alpha value is -3.15. The SMILES string of the molecule is Cc1ccc(-n2nc(C)c3c2NC2=C(C(=O)CC(c4cccs4)C2)C3c2ccc(Cl)cc2)cc1. The number of aryl methyl sites for hydroxylation is 2. The van der Waals surface area contributed by atoms with Crippen molar-refractivity contribution in [2.24, 2.45) is 0 Å². The van der Waals surface area contributed by atoms with Gasteiger partial charge in [0.2, 0.25) is 0 Å². The van der Waals surface area contributed by atoms with E-state index < -0.39 is 0 Å². The Labute approximate surface area is 207 Å². The predicted octanol–water partition coefficient (Wildman–Crippen LogP) is 7.16. The van der Waals surface area contributed by atoms with Crippen LogP contribution in [0.3, 0.4) is 0 Å². The lowest BCUT2D eigenvalue weighted by Crippen LogP contribution is -2.30. The quantitative estimate of drug-likeness (QED) is 0.335. The molecule has 2 atom stereocenters. The lowest BCUT2D eigenvalue weighted by Gasteiger charge is -2.35. The molecule has 0 saturated carbocycles. The Morgan fingerprint density at radius 3 is 2.50 bits per heavy atom. The number of aromatic nitrogens is 2. The van der Waals surface area contributed by atoms with E-state index in [-0.39, 0.29) is 17.6 Å². The maximum Gasteiger partial charge on any atom is 0.162 e. The van der Waals surface area contributed by atoms with E-state index in [1.807, 2.05) is 35.9 Å². The molecule has 1 aliphatic heterocycles. The van der Waals surface area contributed by atoms with Crippen molar-refractivity contribution in [3.63, 3.8) is 0 Å². The molecule has 2 aromatic heterocycles. The van der Waals surface area contributed by atoms with E-state index in [0.29, 0.717) is 11.4 Å². The van der Waals surface area contributed by atoms with Gasteiger partial charge in [-0.2, -0.15) is 5.10 Å². The van der Waals surface area contributed by atoms with Crippen LogP contribution in [0.2, 0.25) is 5.02 Å². The van der Waals surface area contributed by atoms with Crippen molar-refractivity contribution in [2.45, 2.75) is 38.5 Å². The summed E-state index contributed by atoms with van der Waals surface area (Å²) in [4.78, 5) is 14.9. The van der Waals surface area contributed by atoms with Gasteiger partial charge in [0, 0.05) is 45.0 Å². The highest BCUT2D eigenvalue weighted by atomic mass is 35.5. The van der Waals surface area contributed by atoms with Crippen molar-refractivity contribution < 1.29 is 4.79 Å². The summed E-state index contributed by atoms with van der Waals surface area (Å²) < 4.78 is 1.98. The van der Waals surface area contributed by atoms with Crippen LogP contribution in [0.15, 0.2) is 77.3 Å². The Morgan fingerprint density at radius 1 is 1.03 bits per heavy atom. The van der Waals surface area contributed by atoms with Gasteiger partial charge < -0.3 is 5.32 Å². The summed E-state index contributed by atoms with van der Waals surface area (Å²) in [6.07, 6.45) is 1.34. The number of nitrogens with one attached hydrogen (secondary N) is 1. The Kier molecular flexibility index (Phi) is 5.19. The van der Waals surface area contributed by atoms with Crippen molar-refractivity contribution in [2.75, 3.05) is 5.32 Å². The predicted molar refractivity (Wildman–Crippen MR) is 138 cm³/mol. The van der Waals surface area contributed by atoms with Gasteiger partial charge in [0.25, 0.3) is 0 Å². The topological polar surface area (TPSA) is 46.9 Å². The number of halogens is 1. The number of carbonyl (C=O) groups excluding carboxylic acids is 1. The van der Waals surface area contributed by atoms with Gasteiger partial charge in [0.15, 0.2) is 5.78 Å². The summed E-state index contributed by atoms with van der Waals surface area (Å²) in [6, 6.07) is 20.5. The summed E-state index contributed by atoms with van der Waals surface area (Å²) in [6.45, 7) is 4.11. The lowest BCUT2D eigenvalue weighted by molar-refractivity contribution is -0.116. The van der Waals surface area contributed by atoms with Crippen LogP contribution in [0.1, 0.15) is 51.9 Å². The minimum Gasteiger partial charge on any atom is -0.343 e. The molecule has 4 nitrogen and oxygen atoms in total. The molecule has 0 amide bonds. The molecule has 0 spiro atoms. The number of hydrogen-bond acceptors (Lipinski definition) is 4. The number of rotatable bonds is 3. The van der Waals surface area contributed by atoms with Crippen LogP contribution in [-0.2, 0) is 4.79 Å². The van der Waals surface area contributed by atoms with Gasteiger partial charge in [0.1, 0.15) is 5.82 Å². The molecule has 2 aromatic carbocycles. The summed E-state index contributed by atoms with van der Waals surface area (Å²) in [5.41, 5.74) is 7.12. The monoisotopic (exact) mass is 485 g/mol. The van der Waals surface area contributed by atoms with Crippen LogP contribution in [0, 0.1) is 13.8 Å². The van der Waals surface area contributed by atoms with E-state index in [1.165, 1.54) is 10.4 Å². The highest BCUT2D eigenvalue weighted by Crippen LogP contribution is 2.50.